The molecule has 1 amide bonds. The average molecular weight is 231 g/mol. The minimum Gasteiger partial charge on any atom is -0.392 e. The molecule has 9 N–H and O–H groups in total. The first-order chi connectivity index (χ1) is 7.45. The summed E-state index contributed by atoms with van der Waals surface area (Å²) in [5.41, 5.74) is 16.0. The molecule has 0 saturated heterocycles. The number of carbonyl (C=O) groups excluding carboxylic acids is 1. The molecule has 0 bridgehead atoms. The third-order valence-electron chi connectivity index (χ3n) is 2.01. The Morgan fingerprint density at radius 3 is 2.62 bits per heavy atom. The van der Waals surface area contributed by atoms with Crippen LogP contribution in [0.1, 0.15) is 19.3 Å². The Balaban J connectivity index is 3.65. The quantitative estimate of drug-likeness (QED) is 0.208. The molecule has 7 heteroatoms. The summed E-state index contributed by atoms with van der Waals surface area (Å²) in [7, 11) is 0. The van der Waals surface area contributed by atoms with Gasteiger partial charge in [-0.3, -0.25) is 10.2 Å². The fourth-order valence-electron chi connectivity index (χ4n) is 1.18. The predicted molar refractivity (Wildman–Crippen MR) is 61.8 cm³/mol. The van der Waals surface area contributed by atoms with Gasteiger partial charge in [0.25, 0.3) is 0 Å². The molecule has 94 valence electrons. The van der Waals surface area contributed by atoms with E-state index < -0.39 is 12.1 Å². The molecule has 0 aliphatic carbocycles. The fourth-order valence-corrected chi connectivity index (χ4v) is 1.18. The molecular formula is C9H21N5O2. The second kappa shape index (κ2) is 8.03. The third-order valence-corrected chi connectivity index (χ3v) is 2.01. The lowest BCUT2D eigenvalue weighted by molar-refractivity contribution is -0.121. The maximum atomic E-state index is 11.3. The van der Waals surface area contributed by atoms with Gasteiger partial charge in [-0.1, -0.05) is 0 Å². The zero-order valence-electron chi connectivity index (χ0n) is 9.28. The van der Waals surface area contributed by atoms with Crippen molar-refractivity contribution in [3.05, 3.63) is 0 Å². The molecule has 0 saturated carbocycles. The molecule has 0 aliphatic heterocycles. The second-order valence-electron chi connectivity index (χ2n) is 3.71. The van der Waals surface area contributed by atoms with Gasteiger partial charge in [0.05, 0.1) is 11.9 Å². The summed E-state index contributed by atoms with van der Waals surface area (Å²) in [6.45, 7) is 0.472. The second-order valence-corrected chi connectivity index (χ2v) is 3.71. The molecule has 0 unspecified atom stereocenters. The number of hydrogen-bond acceptors (Lipinski definition) is 5. The first-order valence-corrected chi connectivity index (χ1v) is 5.19. The lowest BCUT2D eigenvalue weighted by Crippen LogP contribution is -2.36. The molecule has 0 heterocycles. The largest absolute Gasteiger partial charge is 0.392 e. The molecule has 16 heavy (non-hydrogen) atoms. The zero-order valence-corrected chi connectivity index (χ0v) is 9.28. The molecule has 0 radical (unpaired) electrons. The zero-order chi connectivity index (χ0) is 12.6. The summed E-state index contributed by atoms with van der Waals surface area (Å²) in [5.74, 6) is -0.180. The van der Waals surface area contributed by atoms with Gasteiger partial charge in [-0.15, -0.1) is 0 Å². The standard InChI is InChI=1S/C9H21N5O2/c10-5-7(15)3-6(11)4-9(16)14-2-1-8(12)13/h6-7,15H,1-5,10-11H2,(H3,12,13)(H,14,16)/t6-,7-/m1/s1. The number of nitrogens with two attached hydrogens (primary N) is 3. The third kappa shape index (κ3) is 8.16. The number of amidine groups is 1. The van der Waals surface area contributed by atoms with Gasteiger partial charge in [0.2, 0.25) is 5.91 Å². The molecule has 0 fully saturated rings. The monoisotopic (exact) mass is 231 g/mol. The summed E-state index contributed by atoms with van der Waals surface area (Å²) in [6.07, 6.45) is 0.0953. The number of hydrogen-bond donors (Lipinski definition) is 6. The van der Waals surface area contributed by atoms with Crippen LogP contribution in [0.4, 0.5) is 0 Å². The summed E-state index contributed by atoms with van der Waals surface area (Å²) in [5, 5.41) is 18.7. The summed E-state index contributed by atoms with van der Waals surface area (Å²) in [6, 6.07) is -0.407. The highest BCUT2D eigenvalue weighted by Gasteiger charge is 2.13. The number of aliphatic hydroxyl groups is 1. The minimum atomic E-state index is -0.667. The Bertz CT molecular complexity index is 234. The SMILES string of the molecule is N=C(N)CCNC(=O)C[C@H](N)C[C@@H](O)CN. The van der Waals surface area contributed by atoms with E-state index in [0.29, 0.717) is 19.4 Å². The van der Waals surface area contributed by atoms with Crippen molar-refractivity contribution in [2.75, 3.05) is 13.1 Å². The van der Waals surface area contributed by atoms with Crippen molar-refractivity contribution in [1.29, 1.82) is 5.41 Å². The number of carbonyl (C=O) groups is 1. The van der Waals surface area contributed by atoms with Gasteiger partial charge in [-0.25, -0.2) is 0 Å². The highest BCUT2D eigenvalue weighted by atomic mass is 16.3. The highest BCUT2D eigenvalue weighted by molar-refractivity contribution is 5.79. The van der Waals surface area contributed by atoms with Crippen LogP contribution in [-0.2, 0) is 4.79 Å². The van der Waals surface area contributed by atoms with Crippen molar-refractivity contribution in [3.63, 3.8) is 0 Å². The molecule has 0 aromatic rings. The van der Waals surface area contributed by atoms with Gasteiger partial charge in [0.15, 0.2) is 0 Å². The van der Waals surface area contributed by atoms with Crippen LogP contribution < -0.4 is 22.5 Å². The average Bonchev–Trinajstić information content (AvgIpc) is 2.16. The lowest BCUT2D eigenvalue weighted by Gasteiger charge is -2.14. The number of amides is 1. The van der Waals surface area contributed by atoms with E-state index in [2.05, 4.69) is 5.32 Å². The van der Waals surface area contributed by atoms with E-state index in [0.717, 1.165) is 0 Å². The Kier molecular flexibility index (Phi) is 7.44. The Morgan fingerprint density at radius 1 is 1.50 bits per heavy atom. The van der Waals surface area contributed by atoms with Crippen molar-refractivity contribution >= 4 is 11.7 Å². The van der Waals surface area contributed by atoms with Crippen LogP contribution in [0.25, 0.3) is 0 Å². The number of aliphatic hydroxyl groups excluding tert-OH is 1. The minimum absolute atomic E-state index is 0.0307. The Labute approximate surface area is 94.9 Å². The first-order valence-electron chi connectivity index (χ1n) is 5.19. The molecule has 0 aromatic carbocycles. The molecule has 0 aliphatic rings. The van der Waals surface area contributed by atoms with Gasteiger partial charge >= 0.3 is 0 Å². The van der Waals surface area contributed by atoms with Gasteiger partial charge in [-0.2, -0.15) is 0 Å². The lowest BCUT2D eigenvalue weighted by atomic mass is 10.1. The van der Waals surface area contributed by atoms with Crippen LogP contribution in [-0.4, -0.2) is 42.1 Å². The van der Waals surface area contributed by atoms with Gasteiger partial charge in [-0.05, 0) is 6.42 Å². The van der Waals surface area contributed by atoms with Crippen molar-refractivity contribution < 1.29 is 9.90 Å². The highest BCUT2D eigenvalue weighted by Crippen LogP contribution is 1.99. The maximum absolute atomic E-state index is 11.3. The number of nitrogens with one attached hydrogen (secondary N) is 2. The van der Waals surface area contributed by atoms with Crippen molar-refractivity contribution in [1.82, 2.24) is 5.32 Å². The van der Waals surface area contributed by atoms with E-state index in [1.165, 1.54) is 0 Å². The molecule has 2 atom stereocenters. The smallest absolute Gasteiger partial charge is 0.221 e. The van der Waals surface area contributed by atoms with Crippen molar-refractivity contribution in [2.45, 2.75) is 31.4 Å². The molecule has 7 nitrogen and oxygen atoms in total. The first kappa shape index (κ1) is 14.8. The van der Waals surface area contributed by atoms with E-state index in [1.54, 1.807) is 0 Å². The molecule has 0 rings (SSSR count). The van der Waals surface area contributed by atoms with Crippen LogP contribution in [0, 0.1) is 5.41 Å². The van der Waals surface area contributed by atoms with E-state index in [1.807, 2.05) is 0 Å². The van der Waals surface area contributed by atoms with Gasteiger partial charge in [0.1, 0.15) is 0 Å². The molecular weight excluding hydrogens is 210 g/mol. The fraction of sp³-hybridized carbons (Fsp3) is 0.778. The molecule has 0 spiro atoms. The van der Waals surface area contributed by atoms with Crippen LogP contribution in [0.5, 0.6) is 0 Å². The summed E-state index contributed by atoms with van der Waals surface area (Å²) in [4.78, 5) is 11.3. The normalized spacial score (nSPS) is 14.2. The van der Waals surface area contributed by atoms with E-state index in [-0.39, 0.29) is 24.7 Å². The Morgan fingerprint density at radius 2 is 2.12 bits per heavy atom. The van der Waals surface area contributed by atoms with Crippen LogP contribution in [0.15, 0.2) is 0 Å². The van der Waals surface area contributed by atoms with E-state index >= 15 is 0 Å². The van der Waals surface area contributed by atoms with Crippen molar-refractivity contribution in [2.24, 2.45) is 17.2 Å². The number of rotatable bonds is 8. The van der Waals surface area contributed by atoms with Crippen LogP contribution >= 0.6 is 0 Å². The molecule has 0 aromatic heterocycles. The maximum Gasteiger partial charge on any atom is 0.221 e. The van der Waals surface area contributed by atoms with Gasteiger partial charge in [0, 0.05) is 32.0 Å². The summed E-state index contributed by atoms with van der Waals surface area (Å²) < 4.78 is 0. The van der Waals surface area contributed by atoms with Crippen LogP contribution in [0.3, 0.4) is 0 Å². The topological polar surface area (TPSA) is 151 Å². The van der Waals surface area contributed by atoms with Gasteiger partial charge < -0.3 is 27.6 Å². The predicted octanol–water partition coefficient (Wildman–Crippen LogP) is -2.14. The van der Waals surface area contributed by atoms with Crippen LogP contribution in [0.2, 0.25) is 0 Å². The Hall–Kier alpha value is -1.18. The van der Waals surface area contributed by atoms with Crippen molar-refractivity contribution in [3.8, 4) is 0 Å². The van der Waals surface area contributed by atoms with E-state index in [4.69, 9.17) is 22.6 Å². The summed E-state index contributed by atoms with van der Waals surface area (Å²) >= 11 is 0. The van der Waals surface area contributed by atoms with E-state index in [9.17, 15) is 9.90 Å².